The van der Waals surface area contributed by atoms with E-state index in [4.69, 9.17) is 9.84 Å². The molecule has 1 aromatic carbocycles. The highest BCUT2D eigenvalue weighted by Gasteiger charge is 2.30. The first-order valence-electron chi connectivity index (χ1n) is 6.80. The van der Waals surface area contributed by atoms with E-state index in [0.29, 0.717) is 30.8 Å². The minimum atomic E-state index is -0.770. The average molecular weight is 281 g/mol. The monoisotopic (exact) mass is 281 g/mol. The lowest BCUT2D eigenvalue weighted by molar-refractivity contribution is -0.144. The second-order valence-electron chi connectivity index (χ2n) is 5.35. The highest BCUT2D eigenvalue weighted by atomic mass is 19.1. The third-order valence-electron chi connectivity index (χ3n) is 3.99. The standard InChI is InChI=1S/C15H20FNO3/c1-10-3-4-11(15(18)19)8-17(10)9-12-7-13(20-2)5-6-14(12)16/h5-7,10-11H,3-4,8-9H2,1-2H3,(H,18,19). The summed E-state index contributed by atoms with van der Waals surface area (Å²) in [6.07, 6.45) is 1.51. The van der Waals surface area contributed by atoms with E-state index in [2.05, 4.69) is 6.92 Å². The average Bonchev–Trinajstić information content (AvgIpc) is 2.43. The molecule has 0 bridgehead atoms. The lowest BCUT2D eigenvalue weighted by atomic mass is 9.93. The van der Waals surface area contributed by atoms with Crippen molar-refractivity contribution in [3.05, 3.63) is 29.6 Å². The Morgan fingerprint density at radius 1 is 1.50 bits per heavy atom. The maximum Gasteiger partial charge on any atom is 0.307 e. The summed E-state index contributed by atoms with van der Waals surface area (Å²) in [4.78, 5) is 13.1. The first-order valence-corrected chi connectivity index (χ1v) is 6.80. The third kappa shape index (κ3) is 3.28. The van der Waals surface area contributed by atoms with Crippen molar-refractivity contribution in [1.29, 1.82) is 0 Å². The van der Waals surface area contributed by atoms with Gasteiger partial charge in [-0.1, -0.05) is 0 Å². The molecular formula is C15H20FNO3. The van der Waals surface area contributed by atoms with E-state index in [-0.39, 0.29) is 17.8 Å². The van der Waals surface area contributed by atoms with Crippen LogP contribution in [-0.4, -0.2) is 35.7 Å². The van der Waals surface area contributed by atoms with Crippen LogP contribution in [0.25, 0.3) is 0 Å². The van der Waals surface area contributed by atoms with Crippen LogP contribution >= 0.6 is 0 Å². The molecule has 1 fully saturated rings. The van der Waals surface area contributed by atoms with Crippen LogP contribution in [0.5, 0.6) is 5.75 Å². The Hall–Kier alpha value is -1.62. The molecule has 0 radical (unpaired) electrons. The van der Waals surface area contributed by atoms with Gasteiger partial charge in [0.05, 0.1) is 13.0 Å². The van der Waals surface area contributed by atoms with Gasteiger partial charge in [0.2, 0.25) is 0 Å². The molecule has 0 spiro atoms. The van der Waals surface area contributed by atoms with Gasteiger partial charge in [0.25, 0.3) is 0 Å². The first kappa shape index (κ1) is 14.8. The number of hydrogen-bond acceptors (Lipinski definition) is 3. The topological polar surface area (TPSA) is 49.8 Å². The molecule has 1 aliphatic heterocycles. The molecule has 1 aliphatic rings. The molecule has 110 valence electrons. The van der Waals surface area contributed by atoms with E-state index in [9.17, 15) is 9.18 Å². The molecule has 5 heteroatoms. The molecule has 2 unspecified atom stereocenters. The van der Waals surface area contributed by atoms with Gasteiger partial charge in [-0.25, -0.2) is 4.39 Å². The number of carboxylic acid groups (broad SMARTS) is 1. The Morgan fingerprint density at radius 2 is 2.25 bits per heavy atom. The zero-order valence-electron chi connectivity index (χ0n) is 11.8. The van der Waals surface area contributed by atoms with Gasteiger partial charge in [-0.15, -0.1) is 0 Å². The highest BCUT2D eigenvalue weighted by molar-refractivity contribution is 5.70. The molecule has 4 nitrogen and oxygen atoms in total. The number of halogens is 1. The molecule has 20 heavy (non-hydrogen) atoms. The molecule has 0 aromatic heterocycles. The molecule has 2 atom stereocenters. The van der Waals surface area contributed by atoms with E-state index >= 15 is 0 Å². The molecule has 1 heterocycles. The summed E-state index contributed by atoms with van der Waals surface area (Å²) in [5, 5.41) is 9.12. The number of rotatable bonds is 4. The SMILES string of the molecule is COc1ccc(F)c(CN2CC(C(=O)O)CCC2C)c1. The first-order chi connectivity index (χ1) is 9.51. The number of piperidine rings is 1. The quantitative estimate of drug-likeness (QED) is 0.921. The number of aliphatic carboxylic acids is 1. The van der Waals surface area contributed by atoms with E-state index in [1.165, 1.54) is 6.07 Å². The Balaban J connectivity index is 2.13. The Labute approximate surface area is 118 Å². The minimum Gasteiger partial charge on any atom is -0.497 e. The number of carbonyl (C=O) groups is 1. The summed E-state index contributed by atoms with van der Waals surface area (Å²) in [6.45, 7) is 2.93. The number of nitrogens with zero attached hydrogens (tertiary/aromatic N) is 1. The van der Waals surface area contributed by atoms with Gasteiger partial charge >= 0.3 is 5.97 Å². The number of hydrogen-bond donors (Lipinski definition) is 1. The molecule has 2 rings (SSSR count). The van der Waals surface area contributed by atoms with Crippen molar-refractivity contribution in [1.82, 2.24) is 4.90 Å². The fourth-order valence-electron chi connectivity index (χ4n) is 2.62. The summed E-state index contributed by atoms with van der Waals surface area (Å²) < 4.78 is 19.0. The van der Waals surface area contributed by atoms with Crippen molar-refractivity contribution < 1.29 is 19.0 Å². The van der Waals surface area contributed by atoms with E-state index in [1.54, 1.807) is 19.2 Å². The Morgan fingerprint density at radius 3 is 2.90 bits per heavy atom. The Kier molecular flexibility index (Phi) is 4.60. The molecule has 0 amide bonds. The highest BCUT2D eigenvalue weighted by Crippen LogP contribution is 2.26. The van der Waals surface area contributed by atoms with Crippen molar-refractivity contribution >= 4 is 5.97 Å². The summed E-state index contributed by atoms with van der Waals surface area (Å²) in [6, 6.07) is 4.90. The summed E-state index contributed by atoms with van der Waals surface area (Å²) in [7, 11) is 1.54. The van der Waals surface area contributed by atoms with Crippen LogP contribution in [-0.2, 0) is 11.3 Å². The number of likely N-dealkylation sites (tertiary alicyclic amines) is 1. The number of carboxylic acids is 1. The largest absolute Gasteiger partial charge is 0.497 e. The van der Waals surface area contributed by atoms with Crippen LogP contribution in [0.2, 0.25) is 0 Å². The van der Waals surface area contributed by atoms with Gasteiger partial charge in [-0.2, -0.15) is 0 Å². The van der Waals surface area contributed by atoms with Crippen molar-refractivity contribution in [2.45, 2.75) is 32.4 Å². The predicted molar refractivity (Wildman–Crippen MR) is 73.2 cm³/mol. The second-order valence-corrected chi connectivity index (χ2v) is 5.35. The lowest BCUT2D eigenvalue weighted by Gasteiger charge is -2.36. The van der Waals surface area contributed by atoms with E-state index in [0.717, 1.165) is 6.42 Å². The molecule has 0 saturated carbocycles. The van der Waals surface area contributed by atoms with Crippen molar-refractivity contribution in [3.63, 3.8) is 0 Å². The van der Waals surface area contributed by atoms with Crippen LogP contribution < -0.4 is 4.74 Å². The van der Waals surface area contributed by atoms with E-state index < -0.39 is 5.97 Å². The minimum absolute atomic E-state index is 0.260. The van der Waals surface area contributed by atoms with Gasteiger partial charge in [0.15, 0.2) is 0 Å². The van der Waals surface area contributed by atoms with Gasteiger partial charge < -0.3 is 9.84 Å². The van der Waals surface area contributed by atoms with Crippen LogP contribution in [0.1, 0.15) is 25.3 Å². The zero-order chi connectivity index (χ0) is 14.7. The lowest BCUT2D eigenvalue weighted by Crippen LogP contribution is -2.43. The maximum atomic E-state index is 13.8. The second kappa shape index (κ2) is 6.22. The van der Waals surface area contributed by atoms with Crippen molar-refractivity contribution in [2.24, 2.45) is 5.92 Å². The van der Waals surface area contributed by atoms with Crippen molar-refractivity contribution in [3.8, 4) is 5.75 Å². The summed E-state index contributed by atoms with van der Waals surface area (Å²) >= 11 is 0. The zero-order valence-corrected chi connectivity index (χ0v) is 11.8. The molecule has 1 saturated heterocycles. The fourth-order valence-corrected chi connectivity index (χ4v) is 2.62. The van der Waals surface area contributed by atoms with Crippen LogP contribution in [0.15, 0.2) is 18.2 Å². The van der Waals surface area contributed by atoms with Crippen LogP contribution in [0.4, 0.5) is 4.39 Å². The Bertz CT molecular complexity index is 492. The van der Waals surface area contributed by atoms with E-state index in [1.807, 2.05) is 4.90 Å². The van der Waals surface area contributed by atoms with Gasteiger partial charge in [-0.3, -0.25) is 9.69 Å². The van der Waals surface area contributed by atoms with Gasteiger partial charge in [0, 0.05) is 24.7 Å². The third-order valence-corrected chi connectivity index (χ3v) is 3.99. The summed E-state index contributed by atoms with van der Waals surface area (Å²) in [5.74, 6) is -0.802. The maximum absolute atomic E-state index is 13.8. The van der Waals surface area contributed by atoms with Gasteiger partial charge in [-0.05, 0) is 38.0 Å². The smallest absolute Gasteiger partial charge is 0.307 e. The number of methoxy groups -OCH3 is 1. The predicted octanol–water partition coefficient (Wildman–Crippen LogP) is 2.52. The van der Waals surface area contributed by atoms with Crippen LogP contribution in [0.3, 0.4) is 0 Å². The van der Waals surface area contributed by atoms with Crippen molar-refractivity contribution in [2.75, 3.05) is 13.7 Å². The normalized spacial score (nSPS) is 23.6. The molecule has 1 N–H and O–H groups in total. The fraction of sp³-hybridized carbons (Fsp3) is 0.533. The van der Waals surface area contributed by atoms with Gasteiger partial charge in [0.1, 0.15) is 11.6 Å². The van der Waals surface area contributed by atoms with Crippen LogP contribution in [0, 0.1) is 11.7 Å². The molecule has 1 aromatic rings. The summed E-state index contributed by atoms with van der Waals surface area (Å²) in [5.41, 5.74) is 0.544. The number of ether oxygens (including phenoxy) is 1. The number of benzene rings is 1. The molecular weight excluding hydrogens is 261 g/mol. The molecule has 0 aliphatic carbocycles.